The monoisotopic (exact) mass is 400 g/mol. The van der Waals surface area contributed by atoms with Crippen LogP contribution in [0.25, 0.3) is 0 Å². The standard InChI is InChI=1S/C20H28N6OS/c1-20(18(27)25(2)3)11-4-12-26(20)17-16(23-13-28-17)10-7-14-5-8-15(9-6-14)24-19(21)22/h5-6,8-9,13H,4,7,10-12H2,1-3H3,(H4,21,22,24). The number of anilines is 1. The lowest BCUT2D eigenvalue weighted by atomic mass is 9.97. The Morgan fingerprint density at radius 1 is 1.29 bits per heavy atom. The fraction of sp³-hybridized carbons (Fsp3) is 0.450. The van der Waals surface area contributed by atoms with Gasteiger partial charge in [-0.15, -0.1) is 11.3 Å². The van der Waals surface area contributed by atoms with Crippen molar-refractivity contribution in [3.05, 3.63) is 41.0 Å². The third-order valence-corrected chi connectivity index (χ3v) is 6.11. The number of amides is 1. The van der Waals surface area contributed by atoms with Gasteiger partial charge in [0.2, 0.25) is 5.91 Å². The van der Waals surface area contributed by atoms with E-state index in [0.29, 0.717) is 0 Å². The highest BCUT2D eigenvalue weighted by atomic mass is 32.1. The molecular weight excluding hydrogens is 372 g/mol. The zero-order valence-corrected chi connectivity index (χ0v) is 17.5. The molecule has 1 unspecified atom stereocenters. The number of aryl methyl sites for hydroxylation is 2. The number of benzene rings is 1. The number of carbonyl (C=O) groups excluding carboxylic acids is 1. The Labute approximate surface area is 170 Å². The molecule has 8 heteroatoms. The summed E-state index contributed by atoms with van der Waals surface area (Å²) < 4.78 is 0. The van der Waals surface area contributed by atoms with Crippen LogP contribution in [0.3, 0.4) is 0 Å². The van der Waals surface area contributed by atoms with Gasteiger partial charge < -0.3 is 21.3 Å². The van der Waals surface area contributed by atoms with Gasteiger partial charge in [0.15, 0.2) is 5.96 Å². The lowest BCUT2D eigenvalue weighted by Crippen LogP contribution is -2.53. The molecule has 1 aliphatic heterocycles. The van der Waals surface area contributed by atoms with E-state index in [1.165, 1.54) is 5.56 Å². The van der Waals surface area contributed by atoms with E-state index in [2.05, 4.69) is 14.9 Å². The molecule has 2 heterocycles. The molecule has 0 spiro atoms. The molecule has 1 aromatic carbocycles. The first kappa shape index (κ1) is 20.1. The summed E-state index contributed by atoms with van der Waals surface area (Å²) in [6.07, 6.45) is 3.57. The first-order chi connectivity index (χ1) is 13.3. The summed E-state index contributed by atoms with van der Waals surface area (Å²) in [5.74, 6) is 0.209. The van der Waals surface area contributed by atoms with Crippen LogP contribution in [0.2, 0.25) is 0 Å². The van der Waals surface area contributed by atoms with E-state index in [9.17, 15) is 4.79 Å². The van der Waals surface area contributed by atoms with Crippen molar-refractivity contribution >= 4 is 33.9 Å². The lowest BCUT2D eigenvalue weighted by molar-refractivity contribution is -0.133. The van der Waals surface area contributed by atoms with Gasteiger partial charge in [-0.2, -0.15) is 0 Å². The highest BCUT2D eigenvalue weighted by Crippen LogP contribution is 2.39. The highest BCUT2D eigenvalue weighted by molar-refractivity contribution is 7.14. The molecule has 3 rings (SSSR count). The third kappa shape index (κ3) is 4.11. The maximum Gasteiger partial charge on any atom is 0.247 e. The van der Waals surface area contributed by atoms with Crippen molar-refractivity contribution in [1.29, 1.82) is 0 Å². The van der Waals surface area contributed by atoms with E-state index in [-0.39, 0.29) is 11.9 Å². The lowest BCUT2D eigenvalue weighted by Gasteiger charge is -2.36. The SMILES string of the molecule is CN(C)C(=O)C1(C)CCCN1c1scnc1CCc1ccc(N=C(N)N)cc1. The van der Waals surface area contributed by atoms with Crippen LogP contribution >= 0.6 is 11.3 Å². The number of carbonyl (C=O) groups is 1. The van der Waals surface area contributed by atoms with Crippen molar-refractivity contribution in [2.24, 2.45) is 16.5 Å². The molecule has 0 saturated carbocycles. The van der Waals surface area contributed by atoms with Crippen molar-refractivity contribution < 1.29 is 4.79 Å². The number of likely N-dealkylation sites (N-methyl/N-ethyl adjacent to an activating group) is 1. The smallest absolute Gasteiger partial charge is 0.247 e. The summed E-state index contributed by atoms with van der Waals surface area (Å²) in [5.41, 5.74) is 15.2. The molecule has 0 radical (unpaired) electrons. The number of guanidine groups is 1. The van der Waals surface area contributed by atoms with Gasteiger partial charge in [0.05, 0.1) is 16.9 Å². The average Bonchev–Trinajstić information content (AvgIpc) is 3.26. The van der Waals surface area contributed by atoms with Crippen LogP contribution in [0.4, 0.5) is 10.7 Å². The fourth-order valence-corrected chi connectivity index (χ4v) is 4.79. The second kappa shape index (κ2) is 8.18. The number of thiazole rings is 1. The van der Waals surface area contributed by atoms with E-state index in [1.807, 2.05) is 50.8 Å². The van der Waals surface area contributed by atoms with Gasteiger partial charge in [0.1, 0.15) is 10.5 Å². The average molecular weight is 401 g/mol. The van der Waals surface area contributed by atoms with Crippen LogP contribution in [0.1, 0.15) is 31.0 Å². The van der Waals surface area contributed by atoms with Crippen LogP contribution in [0, 0.1) is 0 Å². The summed E-state index contributed by atoms with van der Waals surface area (Å²) >= 11 is 1.62. The largest absolute Gasteiger partial charge is 0.370 e. The highest BCUT2D eigenvalue weighted by Gasteiger charge is 2.45. The number of hydrogen-bond acceptors (Lipinski definition) is 5. The minimum absolute atomic E-state index is 0.0563. The molecule has 2 aromatic rings. The molecule has 1 atom stereocenters. The summed E-state index contributed by atoms with van der Waals surface area (Å²) in [4.78, 5) is 25.4. The Morgan fingerprint density at radius 3 is 2.64 bits per heavy atom. The minimum atomic E-state index is -0.493. The predicted molar refractivity (Wildman–Crippen MR) is 115 cm³/mol. The summed E-state index contributed by atoms with van der Waals surface area (Å²) in [5, 5.41) is 1.12. The Balaban J connectivity index is 1.74. The van der Waals surface area contributed by atoms with Crippen LogP contribution in [0.15, 0.2) is 34.8 Å². The Bertz CT molecular complexity index is 856. The van der Waals surface area contributed by atoms with Crippen molar-refractivity contribution in [3.8, 4) is 0 Å². The first-order valence-electron chi connectivity index (χ1n) is 9.41. The number of rotatable bonds is 6. The number of nitrogens with two attached hydrogens (primary N) is 2. The number of nitrogens with zero attached hydrogens (tertiary/aromatic N) is 4. The molecule has 150 valence electrons. The van der Waals surface area contributed by atoms with Crippen LogP contribution in [0.5, 0.6) is 0 Å². The van der Waals surface area contributed by atoms with Crippen LogP contribution in [-0.4, -0.2) is 47.9 Å². The van der Waals surface area contributed by atoms with E-state index < -0.39 is 5.54 Å². The fourth-order valence-electron chi connectivity index (χ4n) is 3.80. The second-order valence-corrected chi connectivity index (χ2v) is 8.37. The predicted octanol–water partition coefficient (Wildman–Crippen LogP) is 2.28. The van der Waals surface area contributed by atoms with Gasteiger partial charge in [-0.3, -0.25) is 4.79 Å². The zero-order chi connectivity index (χ0) is 20.3. The third-order valence-electron chi connectivity index (χ3n) is 5.22. The van der Waals surface area contributed by atoms with E-state index in [0.717, 1.165) is 48.6 Å². The molecule has 0 bridgehead atoms. The van der Waals surface area contributed by atoms with Crippen molar-refractivity contribution in [2.45, 2.75) is 38.1 Å². The normalized spacial score (nSPS) is 18.9. The van der Waals surface area contributed by atoms with Crippen LogP contribution in [-0.2, 0) is 17.6 Å². The van der Waals surface area contributed by atoms with Gasteiger partial charge in [0, 0.05) is 20.6 Å². The number of hydrogen-bond donors (Lipinski definition) is 2. The molecule has 1 saturated heterocycles. The molecule has 28 heavy (non-hydrogen) atoms. The van der Waals surface area contributed by atoms with E-state index in [4.69, 9.17) is 11.5 Å². The molecule has 7 nitrogen and oxygen atoms in total. The number of aliphatic imine (C=N–C) groups is 1. The van der Waals surface area contributed by atoms with Crippen molar-refractivity contribution in [2.75, 3.05) is 25.5 Å². The zero-order valence-electron chi connectivity index (χ0n) is 16.7. The maximum atomic E-state index is 12.8. The quantitative estimate of drug-likeness (QED) is 0.572. The molecule has 4 N–H and O–H groups in total. The van der Waals surface area contributed by atoms with E-state index >= 15 is 0 Å². The van der Waals surface area contributed by atoms with Crippen molar-refractivity contribution in [1.82, 2.24) is 9.88 Å². The van der Waals surface area contributed by atoms with Gasteiger partial charge in [0.25, 0.3) is 0 Å². The van der Waals surface area contributed by atoms with E-state index in [1.54, 1.807) is 16.2 Å². The first-order valence-corrected chi connectivity index (χ1v) is 10.3. The Hall–Kier alpha value is -2.61. The van der Waals surface area contributed by atoms with Crippen molar-refractivity contribution in [3.63, 3.8) is 0 Å². The Morgan fingerprint density at radius 2 is 2.00 bits per heavy atom. The molecule has 1 amide bonds. The van der Waals surface area contributed by atoms with Gasteiger partial charge in [-0.1, -0.05) is 12.1 Å². The molecule has 1 fully saturated rings. The van der Waals surface area contributed by atoms with Gasteiger partial charge >= 0.3 is 0 Å². The molecular formula is C20H28N6OS. The van der Waals surface area contributed by atoms with Gasteiger partial charge in [-0.25, -0.2) is 9.98 Å². The summed E-state index contributed by atoms with van der Waals surface area (Å²) in [7, 11) is 3.65. The number of aromatic nitrogens is 1. The Kier molecular flexibility index (Phi) is 5.88. The maximum absolute atomic E-state index is 12.8. The molecule has 0 aliphatic carbocycles. The summed E-state index contributed by atoms with van der Waals surface area (Å²) in [6.45, 7) is 2.94. The van der Waals surface area contributed by atoms with Gasteiger partial charge in [-0.05, 0) is 50.3 Å². The topological polar surface area (TPSA) is 101 Å². The van der Waals surface area contributed by atoms with Crippen LogP contribution < -0.4 is 16.4 Å². The summed E-state index contributed by atoms with van der Waals surface area (Å²) in [6, 6.07) is 7.88. The molecule has 1 aromatic heterocycles. The second-order valence-electron chi connectivity index (χ2n) is 7.54. The molecule has 1 aliphatic rings. The minimum Gasteiger partial charge on any atom is -0.370 e.